The van der Waals surface area contributed by atoms with E-state index in [2.05, 4.69) is 49.2 Å². The molecule has 1 atom stereocenters. The second-order valence-electron chi connectivity index (χ2n) is 5.39. The van der Waals surface area contributed by atoms with Crippen LogP contribution in [-0.4, -0.2) is 25.7 Å². The molecule has 0 bridgehead atoms. The molecule has 106 valence electrons. The SMILES string of the molecule is CCNC(C)/C(C)=C/c1ccc(N2CCCCC2)o1. The van der Waals surface area contributed by atoms with Crippen LogP contribution in [0.5, 0.6) is 0 Å². The second-order valence-corrected chi connectivity index (χ2v) is 5.39. The summed E-state index contributed by atoms with van der Waals surface area (Å²) in [6, 6.07) is 4.57. The molecule has 1 aromatic heterocycles. The van der Waals surface area contributed by atoms with Gasteiger partial charge in [0.1, 0.15) is 5.76 Å². The first-order chi connectivity index (χ1) is 9.20. The van der Waals surface area contributed by atoms with Gasteiger partial charge < -0.3 is 14.6 Å². The van der Waals surface area contributed by atoms with E-state index in [1.807, 2.05) is 0 Å². The number of likely N-dealkylation sites (N-methyl/N-ethyl adjacent to an activating group) is 1. The Labute approximate surface area is 116 Å². The van der Waals surface area contributed by atoms with Crippen LogP contribution in [0.15, 0.2) is 22.1 Å². The van der Waals surface area contributed by atoms with Crippen LogP contribution in [0.2, 0.25) is 0 Å². The fourth-order valence-corrected chi connectivity index (χ4v) is 2.52. The van der Waals surface area contributed by atoms with Crippen molar-refractivity contribution in [3.05, 3.63) is 23.5 Å². The van der Waals surface area contributed by atoms with E-state index >= 15 is 0 Å². The third-order valence-electron chi connectivity index (χ3n) is 3.84. The fourth-order valence-electron chi connectivity index (χ4n) is 2.52. The van der Waals surface area contributed by atoms with Gasteiger partial charge in [0, 0.05) is 25.2 Å². The molecule has 3 heteroatoms. The molecule has 1 unspecified atom stereocenters. The minimum absolute atomic E-state index is 0.397. The molecule has 1 N–H and O–H groups in total. The predicted molar refractivity (Wildman–Crippen MR) is 81.6 cm³/mol. The predicted octanol–water partition coefficient (Wildman–Crippen LogP) is 3.67. The van der Waals surface area contributed by atoms with Gasteiger partial charge in [-0.1, -0.05) is 12.5 Å². The second kappa shape index (κ2) is 6.80. The fraction of sp³-hybridized carbons (Fsp3) is 0.625. The molecule has 1 aliphatic heterocycles. The average molecular weight is 262 g/mol. The first kappa shape index (κ1) is 14.2. The van der Waals surface area contributed by atoms with Crippen molar-refractivity contribution >= 4 is 12.0 Å². The van der Waals surface area contributed by atoms with Gasteiger partial charge >= 0.3 is 0 Å². The lowest BCUT2D eigenvalue weighted by molar-refractivity contribution is 0.495. The Kier molecular flexibility index (Phi) is 5.08. The molecule has 0 radical (unpaired) electrons. The normalized spacial score (nSPS) is 18.7. The topological polar surface area (TPSA) is 28.4 Å². The summed E-state index contributed by atoms with van der Waals surface area (Å²) in [5.74, 6) is 1.98. The molecule has 19 heavy (non-hydrogen) atoms. The van der Waals surface area contributed by atoms with Crippen molar-refractivity contribution in [1.29, 1.82) is 0 Å². The highest BCUT2D eigenvalue weighted by molar-refractivity contribution is 5.52. The van der Waals surface area contributed by atoms with Crippen LogP contribution in [0.3, 0.4) is 0 Å². The van der Waals surface area contributed by atoms with E-state index in [1.165, 1.54) is 24.8 Å². The van der Waals surface area contributed by atoms with Gasteiger partial charge in [0.05, 0.1) is 0 Å². The number of furan rings is 1. The molecule has 0 spiro atoms. The quantitative estimate of drug-likeness (QED) is 0.877. The highest BCUT2D eigenvalue weighted by atomic mass is 16.4. The van der Waals surface area contributed by atoms with Crippen LogP contribution in [0.1, 0.15) is 45.8 Å². The highest BCUT2D eigenvalue weighted by Gasteiger charge is 2.14. The summed E-state index contributed by atoms with van der Waals surface area (Å²) < 4.78 is 5.94. The van der Waals surface area contributed by atoms with E-state index in [0.29, 0.717) is 6.04 Å². The van der Waals surface area contributed by atoms with Gasteiger partial charge in [0.25, 0.3) is 0 Å². The molecule has 0 saturated carbocycles. The molecule has 1 aromatic rings. The largest absolute Gasteiger partial charge is 0.441 e. The van der Waals surface area contributed by atoms with E-state index in [9.17, 15) is 0 Å². The Morgan fingerprint density at radius 3 is 2.79 bits per heavy atom. The van der Waals surface area contributed by atoms with Gasteiger partial charge in [-0.25, -0.2) is 0 Å². The molecular formula is C16H26N2O. The lowest BCUT2D eigenvalue weighted by Gasteiger charge is -2.25. The van der Waals surface area contributed by atoms with Crippen molar-refractivity contribution < 1.29 is 4.42 Å². The maximum atomic E-state index is 5.94. The Morgan fingerprint density at radius 2 is 2.11 bits per heavy atom. The zero-order chi connectivity index (χ0) is 13.7. The van der Waals surface area contributed by atoms with E-state index in [-0.39, 0.29) is 0 Å². The van der Waals surface area contributed by atoms with E-state index in [0.717, 1.165) is 31.3 Å². The number of anilines is 1. The smallest absolute Gasteiger partial charge is 0.196 e. The summed E-state index contributed by atoms with van der Waals surface area (Å²) in [6.45, 7) is 9.71. The van der Waals surface area contributed by atoms with Crippen LogP contribution < -0.4 is 10.2 Å². The van der Waals surface area contributed by atoms with Crippen LogP contribution in [0.4, 0.5) is 5.88 Å². The van der Waals surface area contributed by atoms with Crippen LogP contribution in [0.25, 0.3) is 6.08 Å². The lowest BCUT2D eigenvalue weighted by Crippen LogP contribution is -2.28. The van der Waals surface area contributed by atoms with Crippen molar-refractivity contribution in [1.82, 2.24) is 5.32 Å². The Balaban J connectivity index is 2.01. The Bertz CT molecular complexity index is 416. The maximum Gasteiger partial charge on any atom is 0.196 e. The Morgan fingerprint density at radius 1 is 1.37 bits per heavy atom. The van der Waals surface area contributed by atoms with Gasteiger partial charge in [-0.15, -0.1) is 0 Å². The summed E-state index contributed by atoms with van der Waals surface area (Å²) in [7, 11) is 0. The maximum absolute atomic E-state index is 5.94. The number of rotatable bonds is 5. The molecule has 1 fully saturated rings. The number of hydrogen-bond acceptors (Lipinski definition) is 3. The third kappa shape index (κ3) is 3.87. The van der Waals surface area contributed by atoms with Gasteiger partial charge in [0.2, 0.25) is 0 Å². The van der Waals surface area contributed by atoms with E-state index < -0.39 is 0 Å². The third-order valence-corrected chi connectivity index (χ3v) is 3.84. The zero-order valence-electron chi connectivity index (χ0n) is 12.4. The van der Waals surface area contributed by atoms with Gasteiger partial charge in [-0.3, -0.25) is 0 Å². The highest BCUT2D eigenvalue weighted by Crippen LogP contribution is 2.24. The molecule has 0 aromatic carbocycles. The zero-order valence-corrected chi connectivity index (χ0v) is 12.4. The minimum Gasteiger partial charge on any atom is -0.441 e. The molecule has 2 heterocycles. The molecule has 2 rings (SSSR count). The first-order valence-corrected chi connectivity index (χ1v) is 7.47. The number of nitrogens with zero attached hydrogens (tertiary/aromatic N) is 1. The number of nitrogens with one attached hydrogen (secondary N) is 1. The number of piperidine rings is 1. The summed E-state index contributed by atoms with van der Waals surface area (Å²) in [5.41, 5.74) is 1.31. The number of hydrogen-bond donors (Lipinski definition) is 1. The van der Waals surface area contributed by atoms with Gasteiger partial charge in [0.15, 0.2) is 5.88 Å². The van der Waals surface area contributed by atoms with E-state index in [1.54, 1.807) is 0 Å². The van der Waals surface area contributed by atoms with Crippen molar-refractivity contribution in [2.45, 2.75) is 46.1 Å². The first-order valence-electron chi connectivity index (χ1n) is 7.47. The molecular weight excluding hydrogens is 236 g/mol. The average Bonchev–Trinajstić information content (AvgIpc) is 2.88. The standard InChI is InChI=1S/C16H26N2O/c1-4-17-14(3)13(2)12-15-8-9-16(19-15)18-10-6-5-7-11-18/h8-9,12,14,17H,4-7,10-11H2,1-3H3/b13-12+. The van der Waals surface area contributed by atoms with Crippen molar-refractivity contribution in [3.8, 4) is 0 Å². The molecule has 1 aliphatic rings. The van der Waals surface area contributed by atoms with Crippen molar-refractivity contribution in [2.24, 2.45) is 0 Å². The summed E-state index contributed by atoms with van der Waals surface area (Å²) in [6.07, 6.45) is 6.05. The molecule has 3 nitrogen and oxygen atoms in total. The Hall–Kier alpha value is -1.22. The van der Waals surface area contributed by atoms with Crippen molar-refractivity contribution in [2.75, 3.05) is 24.5 Å². The monoisotopic (exact) mass is 262 g/mol. The van der Waals surface area contributed by atoms with Crippen LogP contribution in [0, 0.1) is 0 Å². The van der Waals surface area contributed by atoms with Gasteiger partial charge in [-0.2, -0.15) is 0 Å². The summed E-state index contributed by atoms with van der Waals surface area (Å²) in [5, 5.41) is 3.42. The molecule has 0 amide bonds. The molecule has 0 aliphatic carbocycles. The van der Waals surface area contributed by atoms with E-state index in [4.69, 9.17) is 4.42 Å². The molecule has 1 saturated heterocycles. The lowest BCUT2D eigenvalue weighted by atomic mass is 10.1. The van der Waals surface area contributed by atoms with Gasteiger partial charge in [-0.05, 0) is 51.8 Å². The van der Waals surface area contributed by atoms with Crippen LogP contribution in [-0.2, 0) is 0 Å². The van der Waals surface area contributed by atoms with Crippen molar-refractivity contribution in [3.63, 3.8) is 0 Å². The summed E-state index contributed by atoms with van der Waals surface area (Å²) >= 11 is 0. The summed E-state index contributed by atoms with van der Waals surface area (Å²) in [4.78, 5) is 2.35. The minimum atomic E-state index is 0.397. The van der Waals surface area contributed by atoms with Crippen LogP contribution >= 0.6 is 0 Å².